The number of amides is 2. The normalized spacial score (nSPS) is 15.4. The summed E-state index contributed by atoms with van der Waals surface area (Å²) in [5.74, 6) is -1.91. The van der Waals surface area contributed by atoms with Gasteiger partial charge in [-0.05, 0) is 43.2 Å². The van der Waals surface area contributed by atoms with E-state index in [-0.39, 0.29) is 22.4 Å². The predicted molar refractivity (Wildman–Crippen MR) is 97.1 cm³/mol. The van der Waals surface area contributed by atoms with E-state index < -0.39 is 22.5 Å². The van der Waals surface area contributed by atoms with Crippen molar-refractivity contribution in [3.63, 3.8) is 0 Å². The number of non-ortho nitro benzene ring substituents is 1. The van der Waals surface area contributed by atoms with Crippen LogP contribution in [0.25, 0.3) is 6.08 Å². The molecule has 1 N–H and O–H groups in total. The van der Waals surface area contributed by atoms with Crippen LogP contribution in [0.3, 0.4) is 0 Å². The molecule has 8 nitrogen and oxygen atoms in total. The fourth-order valence-corrected chi connectivity index (χ4v) is 2.78. The second kappa shape index (κ2) is 6.73. The first-order valence-corrected chi connectivity index (χ1v) is 8.16. The topological polar surface area (TPSA) is 116 Å². The third-order valence-electron chi connectivity index (χ3n) is 4.10. The highest BCUT2D eigenvalue weighted by molar-refractivity contribution is 6.33. The molecule has 3 rings (SSSR count). The molecule has 2 amide bonds. The summed E-state index contributed by atoms with van der Waals surface area (Å²) in [4.78, 5) is 35.2. The second-order valence-electron chi connectivity index (χ2n) is 6.01. The molecule has 0 saturated carbocycles. The van der Waals surface area contributed by atoms with Crippen LogP contribution in [0.15, 0.2) is 35.9 Å². The summed E-state index contributed by atoms with van der Waals surface area (Å²) in [6.07, 6.45) is 1.07. The first-order valence-electron chi connectivity index (χ1n) is 7.78. The molecule has 0 unspecified atom stereocenters. The Morgan fingerprint density at radius 2 is 1.85 bits per heavy atom. The third kappa shape index (κ3) is 3.34. The van der Waals surface area contributed by atoms with Gasteiger partial charge in [-0.15, -0.1) is 0 Å². The molecular weight excluding hydrogens is 374 g/mol. The number of aryl methyl sites for hydroxylation is 2. The van der Waals surface area contributed by atoms with E-state index in [0.29, 0.717) is 10.7 Å². The number of carbonyl (C=O) groups is 2. The Balaban J connectivity index is 2.03. The van der Waals surface area contributed by atoms with Gasteiger partial charge in [-0.1, -0.05) is 29.0 Å². The van der Waals surface area contributed by atoms with Gasteiger partial charge in [0.2, 0.25) is 0 Å². The van der Waals surface area contributed by atoms with Crippen molar-refractivity contribution in [2.45, 2.75) is 13.8 Å². The number of hydrazine groups is 1. The molecule has 1 heterocycles. The molecule has 1 saturated heterocycles. The largest absolute Gasteiger partial charge is 0.872 e. The lowest BCUT2D eigenvalue weighted by Crippen LogP contribution is -2.35. The van der Waals surface area contributed by atoms with Gasteiger partial charge in [-0.3, -0.25) is 25.1 Å². The molecule has 9 heteroatoms. The van der Waals surface area contributed by atoms with Gasteiger partial charge in [-0.25, -0.2) is 5.01 Å². The van der Waals surface area contributed by atoms with Crippen LogP contribution in [-0.2, 0) is 9.59 Å². The fraction of sp³-hybridized carbons (Fsp3) is 0.111. The van der Waals surface area contributed by atoms with E-state index in [9.17, 15) is 24.8 Å². The number of halogens is 1. The molecule has 1 fully saturated rings. The monoisotopic (exact) mass is 386 g/mol. The minimum absolute atomic E-state index is 0.107. The van der Waals surface area contributed by atoms with Gasteiger partial charge in [0.1, 0.15) is 5.57 Å². The van der Waals surface area contributed by atoms with Gasteiger partial charge in [0.15, 0.2) is 0 Å². The van der Waals surface area contributed by atoms with Crippen molar-refractivity contribution in [3.8, 4) is 5.75 Å². The highest BCUT2D eigenvalue weighted by Gasteiger charge is 2.34. The van der Waals surface area contributed by atoms with Crippen molar-refractivity contribution in [1.82, 2.24) is 5.43 Å². The van der Waals surface area contributed by atoms with Gasteiger partial charge < -0.3 is 5.11 Å². The quantitative estimate of drug-likeness (QED) is 0.376. The molecule has 0 aromatic heterocycles. The van der Waals surface area contributed by atoms with E-state index in [4.69, 9.17) is 11.6 Å². The van der Waals surface area contributed by atoms with E-state index in [2.05, 4.69) is 5.43 Å². The zero-order valence-electron chi connectivity index (χ0n) is 14.3. The number of anilines is 1. The maximum Gasteiger partial charge on any atom is 0.282 e. The van der Waals surface area contributed by atoms with Crippen molar-refractivity contribution in [3.05, 3.63) is 67.7 Å². The zero-order chi connectivity index (χ0) is 19.9. The summed E-state index contributed by atoms with van der Waals surface area (Å²) in [5.41, 5.74) is 2.98. The van der Waals surface area contributed by atoms with Gasteiger partial charge in [0.25, 0.3) is 17.5 Å². The maximum absolute atomic E-state index is 12.6. The van der Waals surface area contributed by atoms with Crippen molar-refractivity contribution in [1.29, 1.82) is 0 Å². The average molecular weight is 387 g/mol. The zero-order valence-corrected chi connectivity index (χ0v) is 15.0. The SMILES string of the molecule is Cc1ccc(N2NC(=O)/C(=C/c3cc([N+](=O)[O-])cc(C)c3[O-])C2=O)cc1Cl. The minimum Gasteiger partial charge on any atom is -0.872 e. The number of nitro benzene ring substituents is 1. The number of nitrogens with one attached hydrogen (secondary N) is 1. The number of rotatable bonds is 3. The number of carbonyl (C=O) groups excluding carboxylic acids is 2. The smallest absolute Gasteiger partial charge is 0.282 e. The average Bonchev–Trinajstić information content (AvgIpc) is 2.89. The molecule has 0 radical (unpaired) electrons. The van der Waals surface area contributed by atoms with Crippen LogP contribution < -0.4 is 15.5 Å². The molecule has 1 aliphatic heterocycles. The Morgan fingerprint density at radius 1 is 1.15 bits per heavy atom. The Bertz CT molecular complexity index is 1030. The van der Waals surface area contributed by atoms with Crippen LogP contribution >= 0.6 is 11.6 Å². The molecule has 2 aromatic rings. The van der Waals surface area contributed by atoms with E-state index in [1.54, 1.807) is 19.1 Å². The van der Waals surface area contributed by atoms with Crippen molar-refractivity contribution in [2.24, 2.45) is 0 Å². The lowest BCUT2D eigenvalue weighted by molar-refractivity contribution is -0.385. The Morgan fingerprint density at radius 3 is 2.48 bits per heavy atom. The van der Waals surface area contributed by atoms with Crippen LogP contribution in [0.5, 0.6) is 5.75 Å². The molecule has 138 valence electrons. The van der Waals surface area contributed by atoms with Gasteiger partial charge >= 0.3 is 0 Å². The van der Waals surface area contributed by atoms with E-state index in [1.807, 2.05) is 0 Å². The molecule has 0 spiro atoms. The molecule has 1 aliphatic rings. The molecule has 0 atom stereocenters. The number of nitrogens with zero attached hydrogens (tertiary/aromatic N) is 2. The predicted octanol–water partition coefficient (Wildman–Crippen LogP) is 2.40. The van der Waals surface area contributed by atoms with Crippen molar-refractivity contribution in [2.75, 3.05) is 5.01 Å². The maximum atomic E-state index is 12.6. The first kappa shape index (κ1) is 18.4. The van der Waals surface area contributed by atoms with Crippen LogP contribution in [0.1, 0.15) is 16.7 Å². The molecular formula is C18H13ClN3O5-. The highest BCUT2D eigenvalue weighted by atomic mass is 35.5. The summed E-state index contributed by atoms with van der Waals surface area (Å²) >= 11 is 6.06. The van der Waals surface area contributed by atoms with Gasteiger partial charge in [0.05, 0.1) is 10.6 Å². The van der Waals surface area contributed by atoms with E-state index in [0.717, 1.165) is 28.8 Å². The van der Waals surface area contributed by atoms with Crippen molar-refractivity contribution >= 4 is 40.9 Å². The van der Waals surface area contributed by atoms with Crippen LogP contribution in [0.2, 0.25) is 5.02 Å². The van der Waals surface area contributed by atoms with E-state index in [1.165, 1.54) is 13.0 Å². The molecule has 27 heavy (non-hydrogen) atoms. The molecule has 0 aliphatic carbocycles. The highest BCUT2D eigenvalue weighted by Crippen LogP contribution is 2.30. The number of nitro groups is 1. The standard InChI is InChI=1S/C18H14ClN3O5/c1-9-3-4-12(8-15(9)19)21-18(25)14(17(24)20-21)7-11-6-13(22(26)27)5-10(2)16(11)23/h3-8,23H,1-2H3,(H,20,24)/p-1/b14-7-. The molecule has 0 bridgehead atoms. The number of benzene rings is 2. The summed E-state index contributed by atoms with van der Waals surface area (Å²) in [7, 11) is 0. The summed E-state index contributed by atoms with van der Waals surface area (Å²) in [5, 5.41) is 24.7. The Hall–Kier alpha value is -3.39. The lowest BCUT2D eigenvalue weighted by atomic mass is 10.0. The number of hydrogen-bond donors (Lipinski definition) is 1. The van der Waals surface area contributed by atoms with Crippen LogP contribution in [-0.4, -0.2) is 16.7 Å². The summed E-state index contributed by atoms with van der Waals surface area (Å²) < 4.78 is 0. The van der Waals surface area contributed by atoms with E-state index >= 15 is 0 Å². The second-order valence-corrected chi connectivity index (χ2v) is 6.42. The van der Waals surface area contributed by atoms with Gasteiger partial charge in [0, 0.05) is 17.2 Å². The van der Waals surface area contributed by atoms with Crippen LogP contribution in [0, 0.1) is 24.0 Å². The number of hydrogen-bond acceptors (Lipinski definition) is 5. The molecule has 2 aromatic carbocycles. The van der Waals surface area contributed by atoms with Crippen LogP contribution in [0.4, 0.5) is 11.4 Å². The van der Waals surface area contributed by atoms with Gasteiger partial charge in [-0.2, -0.15) is 0 Å². The summed E-state index contributed by atoms with van der Waals surface area (Å²) in [6.45, 7) is 3.22. The fourth-order valence-electron chi connectivity index (χ4n) is 2.61. The van der Waals surface area contributed by atoms with Crippen molar-refractivity contribution < 1.29 is 19.6 Å². The Labute approximate surface area is 158 Å². The minimum atomic E-state index is -0.722. The first-order chi connectivity index (χ1) is 12.7. The lowest BCUT2D eigenvalue weighted by Gasteiger charge is -2.15. The Kier molecular flexibility index (Phi) is 4.59. The third-order valence-corrected chi connectivity index (χ3v) is 4.51. The summed E-state index contributed by atoms with van der Waals surface area (Å²) in [6, 6.07) is 7.00.